The van der Waals surface area contributed by atoms with E-state index in [1.54, 1.807) is 68.6 Å². The highest BCUT2D eigenvalue weighted by atomic mass is 32.2. The first-order chi connectivity index (χ1) is 20.2. The molecule has 42 heavy (non-hydrogen) atoms. The number of nitrogens with one attached hydrogen (secondary N) is 1. The lowest BCUT2D eigenvalue weighted by Gasteiger charge is -2.33. The second-order valence-electron chi connectivity index (χ2n) is 10.4. The molecule has 0 unspecified atom stereocenters. The van der Waals surface area contributed by atoms with Gasteiger partial charge in [0.05, 0.1) is 24.8 Å². The first-order valence-electron chi connectivity index (χ1n) is 14.2. The van der Waals surface area contributed by atoms with Crippen molar-refractivity contribution in [1.29, 1.82) is 0 Å². The molecule has 1 N–H and O–H groups in total. The van der Waals surface area contributed by atoms with Crippen molar-refractivity contribution in [2.24, 2.45) is 0 Å². The van der Waals surface area contributed by atoms with Gasteiger partial charge in [0.15, 0.2) is 0 Å². The average molecular weight is 594 g/mol. The average Bonchev–Trinajstić information content (AvgIpc) is 3.03. The summed E-state index contributed by atoms with van der Waals surface area (Å²) in [5.74, 6) is 0.359. The Morgan fingerprint density at radius 1 is 0.881 bits per heavy atom. The predicted octanol–water partition coefficient (Wildman–Crippen LogP) is 4.77. The summed E-state index contributed by atoms with van der Waals surface area (Å²) in [4.78, 5) is 29.0. The van der Waals surface area contributed by atoms with Gasteiger partial charge in [-0.05, 0) is 73.9 Å². The van der Waals surface area contributed by atoms with E-state index < -0.39 is 28.5 Å². The molecule has 1 fully saturated rings. The van der Waals surface area contributed by atoms with Crippen LogP contribution in [0.5, 0.6) is 11.5 Å². The Balaban J connectivity index is 1.66. The zero-order chi connectivity index (χ0) is 30.1. The van der Waals surface area contributed by atoms with Crippen LogP contribution in [-0.4, -0.2) is 58.0 Å². The number of methoxy groups -OCH3 is 2. The van der Waals surface area contributed by atoms with Crippen LogP contribution in [0.4, 0.5) is 5.69 Å². The number of nitrogens with zero attached hydrogens (tertiary/aromatic N) is 2. The summed E-state index contributed by atoms with van der Waals surface area (Å²) in [6.07, 6.45) is 5.08. The van der Waals surface area contributed by atoms with Crippen molar-refractivity contribution in [1.82, 2.24) is 10.2 Å². The van der Waals surface area contributed by atoms with Crippen LogP contribution in [0.3, 0.4) is 0 Å². The summed E-state index contributed by atoms with van der Waals surface area (Å²) in [5, 5.41) is 3.11. The predicted molar refractivity (Wildman–Crippen MR) is 162 cm³/mol. The number of hydrogen-bond donors (Lipinski definition) is 1. The Labute approximate surface area is 248 Å². The molecule has 4 rings (SSSR count). The van der Waals surface area contributed by atoms with Crippen molar-refractivity contribution < 1.29 is 27.5 Å². The van der Waals surface area contributed by atoms with Crippen LogP contribution < -0.4 is 19.1 Å². The molecular weight excluding hydrogens is 554 g/mol. The third-order valence-corrected chi connectivity index (χ3v) is 9.36. The van der Waals surface area contributed by atoms with Crippen LogP contribution in [0.25, 0.3) is 0 Å². The summed E-state index contributed by atoms with van der Waals surface area (Å²) in [6, 6.07) is 21.0. The number of para-hydroxylation sites is 1. The van der Waals surface area contributed by atoms with Crippen LogP contribution >= 0.6 is 0 Å². The summed E-state index contributed by atoms with van der Waals surface area (Å²) in [7, 11) is -1.09. The molecule has 0 aromatic heterocycles. The maximum Gasteiger partial charge on any atom is 0.264 e. The third-order valence-electron chi connectivity index (χ3n) is 7.58. The van der Waals surface area contributed by atoms with Gasteiger partial charge in [-0.25, -0.2) is 8.42 Å². The van der Waals surface area contributed by atoms with E-state index in [9.17, 15) is 18.0 Å². The summed E-state index contributed by atoms with van der Waals surface area (Å²) in [6.45, 7) is 1.28. The van der Waals surface area contributed by atoms with E-state index in [1.165, 1.54) is 24.1 Å². The van der Waals surface area contributed by atoms with Crippen molar-refractivity contribution in [2.45, 2.75) is 62.6 Å². The Hall–Kier alpha value is -4.05. The molecule has 1 aliphatic rings. The molecule has 1 aliphatic carbocycles. The number of benzene rings is 3. The van der Waals surface area contributed by atoms with Gasteiger partial charge in [0, 0.05) is 12.6 Å². The minimum atomic E-state index is -4.15. The quantitative estimate of drug-likeness (QED) is 0.325. The van der Waals surface area contributed by atoms with Crippen LogP contribution in [0.15, 0.2) is 83.8 Å². The largest absolute Gasteiger partial charge is 0.497 e. The Morgan fingerprint density at radius 3 is 2.19 bits per heavy atom. The molecule has 0 aliphatic heterocycles. The summed E-state index contributed by atoms with van der Waals surface area (Å²) >= 11 is 0. The Morgan fingerprint density at radius 2 is 1.55 bits per heavy atom. The molecule has 1 atom stereocenters. The third kappa shape index (κ3) is 7.61. The molecule has 0 spiro atoms. The number of rotatable bonds is 12. The molecule has 224 valence electrons. The van der Waals surface area contributed by atoms with Crippen LogP contribution in [0, 0.1) is 0 Å². The van der Waals surface area contributed by atoms with Gasteiger partial charge in [-0.1, -0.05) is 49.6 Å². The van der Waals surface area contributed by atoms with Gasteiger partial charge in [-0.3, -0.25) is 13.9 Å². The van der Waals surface area contributed by atoms with Crippen molar-refractivity contribution in [2.75, 3.05) is 25.1 Å². The maximum atomic E-state index is 14.1. The molecule has 10 heteroatoms. The van der Waals surface area contributed by atoms with Crippen LogP contribution in [-0.2, 0) is 26.2 Å². The molecule has 0 heterocycles. The monoisotopic (exact) mass is 593 g/mol. The first kappa shape index (κ1) is 30.9. The molecule has 0 saturated heterocycles. The highest BCUT2D eigenvalue weighted by Gasteiger charge is 2.33. The molecule has 2 amide bonds. The molecule has 0 bridgehead atoms. The van der Waals surface area contributed by atoms with E-state index in [4.69, 9.17) is 9.47 Å². The van der Waals surface area contributed by atoms with E-state index in [-0.39, 0.29) is 23.4 Å². The van der Waals surface area contributed by atoms with Gasteiger partial charge >= 0.3 is 0 Å². The van der Waals surface area contributed by atoms with Gasteiger partial charge in [-0.2, -0.15) is 0 Å². The highest BCUT2D eigenvalue weighted by molar-refractivity contribution is 7.92. The molecule has 3 aromatic carbocycles. The summed E-state index contributed by atoms with van der Waals surface area (Å²) < 4.78 is 39.5. The van der Waals surface area contributed by atoms with E-state index in [0.717, 1.165) is 42.0 Å². The van der Waals surface area contributed by atoms with Gasteiger partial charge in [-0.15, -0.1) is 0 Å². The van der Waals surface area contributed by atoms with E-state index in [0.29, 0.717) is 17.2 Å². The Kier molecular flexibility index (Phi) is 10.5. The molecule has 9 nitrogen and oxygen atoms in total. The smallest absolute Gasteiger partial charge is 0.264 e. The van der Waals surface area contributed by atoms with Crippen molar-refractivity contribution in [3.05, 3.63) is 84.4 Å². The van der Waals surface area contributed by atoms with Crippen molar-refractivity contribution in [3.63, 3.8) is 0 Å². The standard InChI is InChI=1S/C32H39N3O6S/c1-24(32(37)33-26-12-6-4-7-13-26)34(22-25-11-10-16-29(21-25)41-3)31(36)23-35(27-14-8-5-9-15-27)42(38,39)30-19-17-28(40-2)18-20-30/h5,8-11,14-21,24,26H,4,6-7,12-13,22-23H2,1-3H3,(H,33,37)/t24-/m0/s1. The number of carbonyl (C=O) groups is 2. The summed E-state index contributed by atoms with van der Waals surface area (Å²) in [5.41, 5.74) is 1.09. The SMILES string of the molecule is COc1ccc(S(=O)(=O)N(CC(=O)N(Cc2cccc(OC)c2)[C@@H](C)C(=O)NC2CCCCC2)c2ccccc2)cc1. The fraction of sp³-hybridized carbons (Fsp3) is 0.375. The number of amides is 2. The zero-order valence-electron chi connectivity index (χ0n) is 24.4. The normalized spacial score (nSPS) is 14.5. The van der Waals surface area contributed by atoms with Gasteiger partial charge in [0.1, 0.15) is 24.1 Å². The van der Waals surface area contributed by atoms with Crippen LogP contribution in [0.2, 0.25) is 0 Å². The highest BCUT2D eigenvalue weighted by Crippen LogP contribution is 2.26. The second kappa shape index (κ2) is 14.2. The van der Waals surface area contributed by atoms with E-state index in [2.05, 4.69) is 5.32 Å². The molecule has 1 saturated carbocycles. The van der Waals surface area contributed by atoms with E-state index >= 15 is 0 Å². The van der Waals surface area contributed by atoms with Crippen molar-refractivity contribution >= 4 is 27.5 Å². The lowest BCUT2D eigenvalue weighted by atomic mass is 9.95. The minimum Gasteiger partial charge on any atom is -0.497 e. The van der Waals surface area contributed by atoms with Crippen LogP contribution in [0.1, 0.15) is 44.6 Å². The van der Waals surface area contributed by atoms with E-state index in [1.807, 2.05) is 12.1 Å². The fourth-order valence-electron chi connectivity index (χ4n) is 5.12. The molecule has 3 aromatic rings. The number of ether oxygens (including phenoxy) is 2. The van der Waals surface area contributed by atoms with Gasteiger partial charge in [0.25, 0.3) is 10.0 Å². The first-order valence-corrected chi connectivity index (χ1v) is 15.6. The number of anilines is 1. The number of sulfonamides is 1. The zero-order valence-corrected chi connectivity index (χ0v) is 25.2. The molecule has 0 radical (unpaired) electrons. The second-order valence-corrected chi connectivity index (χ2v) is 12.3. The van der Waals surface area contributed by atoms with Crippen molar-refractivity contribution in [3.8, 4) is 11.5 Å². The minimum absolute atomic E-state index is 0.0161. The maximum absolute atomic E-state index is 14.1. The molecular formula is C32H39N3O6S. The van der Waals surface area contributed by atoms with Gasteiger partial charge in [0.2, 0.25) is 11.8 Å². The number of carbonyl (C=O) groups excluding carboxylic acids is 2. The van der Waals surface area contributed by atoms with Gasteiger partial charge < -0.3 is 19.7 Å². The lowest BCUT2D eigenvalue weighted by Crippen LogP contribution is -2.53. The Bertz CT molecular complexity index is 1440. The number of hydrogen-bond acceptors (Lipinski definition) is 6. The lowest BCUT2D eigenvalue weighted by molar-refractivity contribution is -0.139. The topological polar surface area (TPSA) is 105 Å². The fourth-order valence-corrected chi connectivity index (χ4v) is 6.53.